The summed E-state index contributed by atoms with van der Waals surface area (Å²) < 4.78 is 30.8. The zero-order valence-corrected chi connectivity index (χ0v) is 11.6. The Balaban J connectivity index is 2.23. The standard InChI is InChI=1S/C11H24N2O3S/c1-10-5-3-6-11(13-10)9-12-17(14,15)8-4-7-16-2/h10-13H,3-9H2,1-2H3. The molecule has 0 saturated carbocycles. The monoisotopic (exact) mass is 264 g/mol. The molecule has 0 amide bonds. The van der Waals surface area contributed by atoms with Crippen LogP contribution in [0.4, 0.5) is 0 Å². The minimum atomic E-state index is -3.14. The van der Waals surface area contributed by atoms with Gasteiger partial charge in [-0.2, -0.15) is 0 Å². The van der Waals surface area contributed by atoms with Crippen molar-refractivity contribution in [2.24, 2.45) is 0 Å². The summed E-state index contributed by atoms with van der Waals surface area (Å²) in [6.45, 7) is 3.12. The quantitative estimate of drug-likeness (QED) is 0.656. The third kappa shape index (κ3) is 6.35. The highest BCUT2D eigenvalue weighted by molar-refractivity contribution is 7.89. The fourth-order valence-corrected chi connectivity index (χ4v) is 3.19. The molecule has 0 radical (unpaired) electrons. The molecule has 17 heavy (non-hydrogen) atoms. The Morgan fingerprint density at radius 1 is 1.41 bits per heavy atom. The van der Waals surface area contributed by atoms with E-state index in [9.17, 15) is 8.42 Å². The molecule has 0 aromatic carbocycles. The number of piperidine rings is 1. The van der Waals surface area contributed by atoms with Crippen molar-refractivity contribution in [2.45, 2.75) is 44.7 Å². The number of rotatable bonds is 7. The van der Waals surface area contributed by atoms with Crippen molar-refractivity contribution in [1.82, 2.24) is 10.0 Å². The van der Waals surface area contributed by atoms with Crippen molar-refractivity contribution in [3.63, 3.8) is 0 Å². The van der Waals surface area contributed by atoms with Gasteiger partial charge in [0.25, 0.3) is 0 Å². The Morgan fingerprint density at radius 3 is 2.82 bits per heavy atom. The van der Waals surface area contributed by atoms with E-state index in [1.165, 1.54) is 12.8 Å². The van der Waals surface area contributed by atoms with Crippen LogP contribution >= 0.6 is 0 Å². The average Bonchev–Trinajstić information content (AvgIpc) is 2.27. The van der Waals surface area contributed by atoms with E-state index in [1.54, 1.807) is 7.11 Å². The van der Waals surface area contributed by atoms with Crippen LogP contribution in [0.1, 0.15) is 32.6 Å². The van der Waals surface area contributed by atoms with E-state index in [0.717, 1.165) is 6.42 Å². The van der Waals surface area contributed by atoms with Crippen LogP contribution in [0, 0.1) is 0 Å². The van der Waals surface area contributed by atoms with Gasteiger partial charge in [0.1, 0.15) is 0 Å². The molecule has 2 unspecified atom stereocenters. The first-order valence-electron chi connectivity index (χ1n) is 6.26. The highest BCUT2D eigenvalue weighted by Crippen LogP contribution is 2.11. The molecule has 1 aliphatic heterocycles. The van der Waals surface area contributed by atoms with Crippen LogP contribution in [-0.4, -0.2) is 46.5 Å². The first kappa shape index (κ1) is 14.9. The van der Waals surface area contributed by atoms with Crippen LogP contribution in [0.2, 0.25) is 0 Å². The Labute approximate surface area is 104 Å². The fourth-order valence-electron chi connectivity index (χ4n) is 2.09. The summed E-state index contributed by atoms with van der Waals surface area (Å²) in [5.74, 6) is 0.142. The van der Waals surface area contributed by atoms with E-state index in [4.69, 9.17) is 4.74 Å². The summed E-state index contributed by atoms with van der Waals surface area (Å²) in [6, 6.07) is 0.766. The predicted molar refractivity (Wildman–Crippen MR) is 68.5 cm³/mol. The van der Waals surface area contributed by atoms with Crippen molar-refractivity contribution >= 4 is 10.0 Å². The van der Waals surface area contributed by atoms with Crippen molar-refractivity contribution < 1.29 is 13.2 Å². The molecule has 0 spiro atoms. The van der Waals surface area contributed by atoms with Crippen LogP contribution < -0.4 is 10.0 Å². The predicted octanol–water partition coefficient (Wildman–Crippen LogP) is 0.473. The maximum atomic E-state index is 11.6. The average molecular weight is 264 g/mol. The van der Waals surface area contributed by atoms with Gasteiger partial charge < -0.3 is 10.1 Å². The van der Waals surface area contributed by atoms with Gasteiger partial charge in [0, 0.05) is 32.3 Å². The lowest BCUT2D eigenvalue weighted by molar-refractivity contribution is 0.199. The molecular weight excluding hydrogens is 240 g/mol. The van der Waals surface area contributed by atoms with E-state index in [0.29, 0.717) is 25.6 Å². The van der Waals surface area contributed by atoms with Gasteiger partial charge in [0.05, 0.1) is 5.75 Å². The largest absolute Gasteiger partial charge is 0.385 e. The first-order valence-corrected chi connectivity index (χ1v) is 7.91. The summed E-state index contributed by atoms with van der Waals surface area (Å²) in [4.78, 5) is 0. The van der Waals surface area contributed by atoms with Crippen LogP contribution in [0.25, 0.3) is 0 Å². The third-order valence-electron chi connectivity index (χ3n) is 3.02. The molecule has 1 saturated heterocycles. The van der Waals surface area contributed by atoms with E-state index < -0.39 is 10.0 Å². The molecule has 2 atom stereocenters. The Bertz CT molecular complexity index is 306. The van der Waals surface area contributed by atoms with E-state index >= 15 is 0 Å². The van der Waals surface area contributed by atoms with Crippen LogP contribution in [0.3, 0.4) is 0 Å². The summed E-state index contributed by atoms with van der Waals surface area (Å²) in [6.07, 6.45) is 3.94. The summed E-state index contributed by atoms with van der Waals surface area (Å²) in [5, 5.41) is 3.40. The Morgan fingerprint density at radius 2 is 2.18 bits per heavy atom. The van der Waals surface area contributed by atoms with Gasteiger partial charge in [-0.25, -0.2) is 13.1 Å². The van der Waals surface area contributed by atoms with E-state index in [1.807, 2.05) is 0 Å². The second kappa shape index (κ2) is 7.31. The second-order valence-electron chi connectivity index (χ2n) is 4.71. The van der Waals surface area contributed by atoms with Crippen molar-refractivity contribution in [2.75, 3.05) is 26.0 Å². The van der Waals surface area contributed by atoms with Gasteiger partial charge in [-0.15, -0.1) is 0 Å². The number of methoxy groups -OCH3 is 1. The molecule has 6 heteroatoms. The Kier molecular flexibility index (Phi) is 6.40. The van der Waals surface area contributed by atoms with Gasteiger partial charge in [0.15, 0.2) is 0 Å². The molecule has 0 bridgehead atoms. The second-order valence-corrected chi connectivity index (χ2v) is 6.64. The summed E-state index contributed by atoms with van der Waals surface area (Å²) in [7, 11) is -1.56. The molecule has 0 aromatic heterocycles. The molecular formula is C11H24N2O3S. The van der Waals surface area contributed by atoms with Crippen LogP contribution in [0.5, 0.6) is 0 Å². The lowest BCUT2D eigenvalue weighted by Gasteiger charge is -2.28. The highest BCUT2D eigenvalue weighted by atomic mass is 32.2. The molecule has 1 aliphatic rings. The van der Waals surface area contributed by atoms with Crippen LogP contribution in [-0.2, 0) is 14.8 Å². The lowest BCUT2D eigenvalue weighted by atomic mass is 10.00. The lowest BCUT2D eigenvalue weighted by Crippen LogP contribution is -2.47. The molecule has 1 rings (SSSR count). The van der Waals surface area contributed by atoms with Gasteiger partial charge in [-0.3, -0.25) is 0 Å². The van der Waals surface area contributed by atoms with E-state index in [-0.39, 0.29) is 11.8 Å². The van der Waals surface area contributed by atoms with Gasteiger partial charge in [-0.05, 0) is 26.2 Å². The topological polar surface area (TPSA) is 67.4 Å². The van der Waals surface area contributed by atoms with Gasteiger partial charge in [-0.1, -0.05) is 6.42 Å². The number of ether oxygens (including phenoxy) is 1. The minimum Gasteiger partial charge on any atom is -0.385 e. The highest BCUT2D eigenvalue weighted by Gasteiger charge is 2.19. The Hall–Kier alpha value is -0.170. The van der Waals surface area contributed by atoms with Crippen molar-refractivity contribution in [3.8, 4) is 0 Å². The maximum absolute atomic E-state index is 11.6. The summed E-state index contributed by atoms with van der Waals surface area (Å²) in [5.41, 5.74) is 0. The first-order chi connectivity index (χ1) is 8.03. The SMILES string of the molecule is COCCCS(=O)(=O)NCC1CCCC(C)N1. The molecule has 1 heterocycles. The number of hydrogen-bond acceptors (Lipinski definition) is 4. The number of hydrogen-bond donors (Lipinski definition) is 2. The van der Waals surface area contributed by atoms with Crippen molar-refractivity contribution in [1.29, 1.82) is 0 Å². The van der Waals surface area contributed by atoms with Gasteiger partial charge >= 0.3 is 0 Å². The van der Waals surface area contributed by atoms with Crippen molar-refractivity contribution in [3.05, 3.63) is 0 Å². The molecule has 2 N–H and O–H groups in total. The molecule has 102 valence electrons. The van der Waals surface area contributed by atoms with Crippen LogP contribution in [0.15, 0.2) is 0 Å². The zero-order valence-electron chi connectivity index (χ0n) is 10.7. The number of sulfonamides is 1. The molecule has 0 aliphatic carbocycles. The maximum Gasteiger partial charge on any atom is 0.211 e. The minimum absolute atomic E-state index is 0.142. The summed E-state index contributed by atoms with van der Waals surface area (Å²) >= 11 is 0. The smallest absolute Gasteiger partial charge is 0.211 e. The fraction of sp³-hybridized carbons (Fsp3) is 1.00. The molecule has 1 fully saturated rings. The van der Waals surface area contributed by atoms with E-state index in [2.05, 4.69) is 17.0 Å². The number of nitrogens with one attached hydrogen (secondary N) is 2. The molecule has 5 nitrogen and oxygen atoms in total. The zero-order chi connectivity index (χ0) is 12.7. The van der Waals surface area contributed by atoms with Gasteiger partial charge in [0.2, 0.25) is 10.0 Å². The normalized spacial score (nSPS) is 26.0. The third-order valence-corrected chi connectivity index (χ3v) is 4.45. The molecule has 0 aromatic rings.